The van der Waals surface area contributed by atoms with E-state index in [2.05, 4.69) is 50.2 Å². The van der Waals surface area contributed by atoms with Crippen molar-refractivity contribution in [1.82, 2.24) is 4.57 Å². The molecule has 0 fully saturated rings. The Morgan fingerprint density at radius 1 is 0.978 bits per heavy atom. The topological polar surface area (TPSA) is 88.4 Å². The number of carbonyl (C=O) groups excluding carboxylic acids is 1. The Bertz CT molecular complexity index is 1970. The van der Waals surface area contributed by atoms with Crippen LogP contribution in [0.2, 0.25) is 10.0 Å². The van der Waals surface area contributed by atoms with Crippen molar-refractivity contribution in [3.63, 3.8) is 0 Å². The molecule has 0 amide bonds. The minimum atomic E-state index is -0.775. The number of nitrogens with zero attached hydrogens (tertiary/aromatic N) is 2. The Morgan fingerprint density at radius 3 is 2.36 bits per heavy atom. The van der Waals surface area contributed by atoms with Crippen molar-refractivity contribution in [2.75, 3.05) is 20.3 Å². The fourth-order valence-corrected chi connectivity index (χ4v) is 8.14. The van der Waals surface area contributed by atoms with Crippen LogP contribution in [0.4, 0.5) is 0 Å². The number of esters is 1. The summed E-state index contributed by atoms with van der Waals surface area (Å²) in [7, 11) is 1.30. The highest BCUT2D eigenvalue weighted by Gasteiger charge is 2.31. The highest BCUT2D eigenvalue weighted by Crippen LogP contribution is 2.35. The summed E-state index contributed by atoms with van der Waals surface area (Å²) in [5.74, 6) is 1.24. The Kier molecular flexibility index (Phi) is 11.2. The molecule has 0 saturated heterocycles. The summed E-state index contributed by atoms with van der Waals surface area (Å²) >= 11 is 17.9. The van der Waals surface area contributed by atoms with Crippen LogP contribution in [0.25, 0.3) is 6.08 Å². The van der Waals surface area contributed by atoms with Gasteiger partial charge in [0.05, 0.1) is 53.7 Å². The van der Waals surface area contributed by atoms with Gasteiger partial charge >= 0.3 is 5.97 Å². The molecule has 0 spiro atoms. The first-order chi connectivity index (χ1) is 21.6. The van der Waals surface area contributed by atoms with Gasteiger partial charge in [0.15, 0.2) is 16.3 Å². The maximum atomic E-state index is 14.0. The quantitative estimate of drug-likeness (QED) is 0.127. The van der Waals surface area contributed by atoms with Crippen molar-refractivity contribution in [3.05, 3.63) is 114 Å². The van der Waals surface area contributed by atoms with Gasteiger partial charge in [-0.2, -0.15) is 0 Å². The van der Waals surface area contributed by atoms with Crippen LogP contribution in [0.3, 0.4) is 0 Å². The van der Waals surface area contributed by atoms with Crippen LogP contribution in [-0.2, 0) is 16.1 Å². The molecule has 1 aromatic heterocycles. The maximum Gasteiger partial charge on any atom is 0.337 e. The van der Waals surface area contributed by atoms with Crippen molar-refractivity contribution < 1.29 is 23.7 Å². The minimum Gasteiger partial charge on any atom is -0.490 e. The zero-order valence-corrected chi connectivity index (χ0v) is 30.9. The first-order valence-electron chi connectivity index (χ1n) is 13.7. The lowest BCUT2D eigenvalue weighted by molar-refractivity contribution is -0.136. The lowest BCUT2D eigenvalue weighted by Crippen LogP contribution is -2.39. The predicted molar refractivity (Wildman–Crippen MR) is 193 cm³/mol. The van der Waals surface area contributed by atoms with Gasteiger partial charge in [-0.1, -0.05) is 46.7 Å². The van der Waals surface area contributed by atoms with E-state index in [1.54, 1.807) is 24.3 Å². The molecule has 1 aliphatic rings. The number of hydrogen-bond donors (Lipinski definition) is 0. The second-order valence-electron chi connectivity index (χ2n) is 9.60. The second kappa shape index (κ2) is 14.9. The molecule has 2 heterocycles. The van der Waals surface area contributed by atoms with Crippen LogP contribution >= 0.6 is 79.7 Å². The third-order valence-electron chi connectivity index (χ3n) is 6.69. The van der Waals surface area contributed by atoms with Crippen LogP contribution in [0.15, 0.2) is 70.1 Å². The predicted octanol–water partition coefficient (Wildman–Crippen LogP) is 6.91. The van der Waals surface area contributed by atoms with E-state index in [-0.39, 0.29) is 11.1 Å². The fraction of sp³-hybridized carbons (Fsp3) is 0.219. The highest BCUT2D eigenvalue weighted by atomic mass is 127. The van der Waals surface area contributed by atoms with E-state index in [1.165, 1.54) is 29.2 Å². The largest absolute Gasteiger partial charge is 0.490 e. The van der Waals surface area contributed by atoms with Gasteiger partial charge in [0.2, 0.25) is 0 Å². The van der Waals surface area contributed by atoms with Crippen molar-refractivity contribution in [2.45, 2.75) is 26.5 Å². The van der Waals surface area contributed by atoms with Gasteiger partial charge in [-0.3, -0.25) is 9.36 Å². The van der Waals surface area contributed by atoms with Gasteiger partial charge in [0.1, 0.15) is 12.4 Å². The molecule has 0 bridgehead atoms. The van der Waals surface area contributed by atoms with E-state index >= 15 is 0 Å². The summed E-state index contributed by atoms with van der Waals surface area (Å²) in [5.41, 5.74) is 2.32. The van der Waals surface area contributed by atoms with Crippen molar-refractivity contribution in [2.24, 2.45) is 4.99 Å². The lowest BCUT2D eigenvalue weighted by atomic mass is 9.97. The molecule has 1 atom stereocenters. The summed E-state index contributed by atoms with van der Waals surface area (Å²) in [4.78, 5) is 31.8. The third-order valence-corrected chi connectivity index (χ3v) is 10.0. The van der Waals surface area contributed by atoms with Crippen molar-refractivity contribution in [1.29, 1.82) is 0 Å². The van der Waals surface area contributed by atoms with Gasteiger partial charge in [-0.25, -0.2) is 9.79 Å². The van der Waals surface area contributed by atoms with E-state index in [1.807, 2.05) is 44.2 Å². The Hall–Kier alpha value is -2.59. The van der Waals surface area contributed by atoms with Crippen LogP contribution in [0.5, 0.6) is 17.2 Å². The molecular formula is C32H26Cl2I2N2O6S. The number of carbonyl (C=O) groups is 1. The summed E-state index contributed by atoms with van der Waals surface area (Å²) in [6.45, 7) is 4.97. The molecule has 13 heteroatoms. The Morgan fingerprint density at radius 2 is 1.69 bits per heavy atom. The maximum absolute atomic E-state index is 14.0. The van der Waals surface area contributed by atoms with Gasteiger partial charge in [-0.05, 0) is 118 Å². The molecule has 45 heavy (non-hydrogen) atoms. The number of methoxy groups -OCH3 is 1. The van der Waals surface area contributed by atoms with Crippen LogP contribution in [0.1, 0.15) is 36.6 Å². The molecule has 3 aromatic carbocycles. The van der Waals surface area contributed by atoms with E-state index in [0.717, 1.165) is 24.0 Å². The normalized spacial score (nSPS) is 14.3. The van der Waals surface area contributed by atoms with Gasteiger partial charge < -0.3 is 18.9 Å². The minimum absolute atomic E-state index is 0.232. The number of rotatable bonds is 10. The van der Waals surface area contributed by atoms with Crippen LogP contribution in [0, 0.1) is 7.14 Å². The average molecular weight is 891 g/mol. The molecule has 5 rings (SSSR count). The van der Waals surface area contributed by atoms with Gasteiger partial charge in [-0.15, -0.1) is 0 Å². The smallest absolute Gasteiger partial charge is 0.337 e. The summed E-state index contributed by atoms with van der Waals surface area (Å²) < 4.78 is 26.5. The molecule has 0 radical (unpaired) electrons. The molecule has 8 nitrogen and oxygen atoms in total. The van der Waals surface area contributed by atoms with Crippen LogP contribution < -0.4 is 29.1 Å². The number of aromatic nitrogens is 1. The summed E-state index contributed by atoms with van der Waals surface area (Å²) in [5, 5.41) is 0.957. The highest BCUT2D eigenvalue weighted by molar-refractivity contribution is 14.1. The number of thiazole rings is 1. The molecule has 0 N–H and O–H groups in total. The van der Waals surface area contributed by atoms with Crippen LogP contribution in [-0.4, -0.2) is 30.9 Å². The Labute approximate surface area is 300 Å². The average Bonchev–Trinajstić information content (AvgIpc) is 3.33. The molecular weight excluding hydrogens is 865 g/mol. The van der Waals surface area contributed by atoms with E-state index in [4.69, 9.17) is 42.1 Å². The summed E-state index contributed by atoms with van der Waals surface area (Å²) in [6.07, 6.45) is 3.29. The van der Waals surface area contributed by atoms with Crippen molar-refractivity contribution in [3.8, 4) is 17.2 Å². The van der Waals surface area contributed by atoms with Crippen molar-refractivity contribution >= 4 is 91.8 Å². The first kappa shape index (κ1) is 33.8. The number of halogens is 4. The van der Waals surface area contributed by atoms with E-state index in [0.29, 0.717) is 56.3 Å². The molecule has 0 aliphatic carbocycles. The standard InChI is InChI=1S/C32H26Cl2I2N2O6S/c1-4-42-25-9-7-19(14-26(25)43-5-2)28-20(31(40)41-3)15-37-32-38(28)30(39)27(45-32)13-18-11-23(35)29(24(36)12-18)44-16-17-6-8-21(33)22(34)10-17/h6-15,28H,4-5,16H2,1-3H3/b27-13+/t28-/m1/s1. The van der Waals surface area contributed by atoms with Gasteiger partial charge in [0.25, 0.3) is 5.56 Å². The second-order valence-corrected chi connectivity index (χ2v) is 13.7. The third kappa shape index (κ3) is 7.37. The zero-order valence-electron chi connectivity index (χ0n) is 24.2. The monoisotopic (exact) mass is 890 g/mol. The lowest BCUT2D eigenvalue weighted by Gasteiger charge is -2.23. The molecule has 234 valence electrons. The Balaban J connectivity index is 1.53. The van der Waals surface area contributed by atoms with E-state index in [9.17, 15) is 9.59 Å². The van der Waals surface area contributed by atoms with Gasteiger partial charge in [0, 0.05) is 6.20 Å². The molecule has 0 saturated carbocycles. The molecule has 0 unspecified atom stereocenters. The number of benzene rings is 3. The number of fused-ring (bicyclic) bond motifs is 1. The fourth-order valence-electron chi connectivity index (χ4n) is 4.72. The zero-order chi connectivity index (χ0) is 32.2. The molecule has 1 aliphatic heterocycles. The first-order valence-corrected chi connectivity index (χ1v) is 17.4. The number of hydrogen-bond acceptors (Lipinski definition) is 8. The number of ether oxygens (including phenoxy) is 4. The molecule has 4 aromatic rings. The van der Waals surface area contributed by atoms with E-state index < -0.39 is 12.0 Å². The summed E-state index contributed by atoms with van der Waals surface area (Å²) in [6, 6.07) is 13.9. The SMILES string of the molecule is CCOc1ccc([C@@H]2C(C(=O)OC)=CN=c3s/c(=C/c4cc(I)c(OCc5ccc(Cl)c(Cl)c5)c(I)c4)c(=O)n32)cc1OCC.